The summed E-state index contributed by atoms with van der Waals surface area (Å²) >= 11 is 0. The number of nitrogens with two attached hydrogens (primary N) is 1. The lowest BCUT2D eigenvalue weighted by Crippen LogP contribution is -2.25. The Morgan fingerprint density at radius 2 is 2.16 bits per heavy atom. The number of fused-ring (bicyclic) bond motifs is 1. The average Bonchev–Trinajstić information content (AvgIpc) is 2.85. The van der Waals surface area contributed by atoms with Crippen molar-refractivity contribution in [1.29, 1.82) is 0 Å². The van der Waals surface area contributed by atoms with Gasteiger partial charge in [-0.1, -0.05) is 12.1 Å². The average molecular weight is 260 g/mol. The lowest BCUT2D eigenvalue weighted by Gasteiger charge is -2.06. The van der Waals surface area contributed by atoms with Gasteiger partial charge in [0.2, 0.25) is 5.91 Å². The number of aryl methyl sites for hydroxylation is 1. The van der Waals surface area contributed by atoms with E-state index in [1.54, 1.807) is 0 Å². The predicted molar refractivity (Wildman–Crippen MR) is 75.6 cm³/mol. The third kappa shape index (κ3) is 3.79. The van der Waals surface area contributed by atoms with Crippen LogP contribution < -0.4 is 11.1 Å². The zero-order chi connectivity index (χ0) is 13.5. The van der Waals surface area contributed by atoms with Crippen LogP contribution in [0.4, 0.5) is 0 Å². The summed E-state index contributed by atoms with van der Waals surface area (Å²) < 4.78 is 2.11. The monoisotopic (exact) mass is 260 g/mol. The Kier molecular flexibility index (Phi) is 4.92. The molecule has 0 fully saturated rings. The largest absolute Gasteiger partial charge is 0.356 e. The lowest BCUT2D eigenvalue weighted by atomic mass is 10.3. The van der Waals surface area contributed by atoms with Crippen LogP contribution in [0.5, 0.6) is 0 Å². The van der Waals surface area contributed by atoms with Crippen LogP contribution in [0.1, 0.15) is 19.3 Å². The van der Waals surface area contributed by atoms with Gasteiger partial charge in [-0.2, -0.15) is 0 Å². The number of carbonyl (C=O) groups excluding carboxylic acids is 1. The molecule has 0 aliphatic carbocycles. The Balaban J connectivity index is 1.75. The third-order valence-corrected chi connectivity index (χ3v) is 3.03. The van der Waals surface area contributed by atoms with Gasteiger partial charge in [0, 0.05) is 19.5 Å². The minimum Gasteiger partial charge on any atom is -0.356 e. The van der Waals surface area contributed by atoms with Crippen LogP contribution in [0.2, 0.25) is 0 Å². The second kappa shape index (κ2) is 6.89. The molecule has 0 bridgehead atoms. The molecule has 5 heteroatoms. The molecule has 5 nitrogen and oxygen atoms in total. The van der Waals surface area contributed by atoms with E-state index in [0.29, 0.717) is 19.5 Å². The van der Waals surface area contributed by atoms with Crippen LogP contribution in [0.15, 0.2) is 30.6 Å². The molecule has 0 aliphatic heterocycles. The predicted octanol–water partition coefficient (Wildman–Crippen LogP) is 1.28. The molecule has 1 aromatic carbocycles. The minimum atomic E-state index is 0.0842. The molecule has 2 rings (SSSR count). The van der Waals surface area contributed by atoms with E-state index in [-0.39, 0.29) is 5.91 Å². The topological polar surface area (TPSA) is 72.9 Å². The summed E-state index contributed by atoms with van der Waals surface area (Å²) in [6.07, 6.45) is 4.01. The van der Waals surface area contributed by atoms with E-state index < -0.39 is 0 Å². The normalized spacial score (nSPS) is 10.8. The minimum absolute atomic E-state index is 0.0842. The van der Waals surface area contributed by atoms with E-state index in [4.69, 9.17) is 5.73 Å². The standard InChI is InChI=1S/C14H20N4O/c15-8-3-7-14(19)16-9-4-10-18-11-17-12-5-1-2-6-13(12)18/h1-2,5-6,11H,3-4,7-10,15H2,(H,16,19). The molecule has 1 heterocycles. The van der Waals surface area contributed by atoms with Gasteiger partial charge >= 0.3 is 0 Å². The second-order valence-corrected chi connectivity index (χ2v) is 4.52. The number of nitrogens with zero attached hydrogens (tertiary/aromatic N) is 2. The number of nitrogens with one attached hydrogen (secondary N) is 1. The van der Waals surface area contributed by atoms with Gasteiger partial charge in [-0.3, -0.25) is 4.79 Å². The maximum Gasteiger partial charge on any atom is 0.220 e. The van der Waals surface area contributed by atoms with Crippen molar-refractivity contribution in [2.75, 3.05) is 13.1 Å². The summed E-state index contributed by atoms with van der Waals surface area (Å²) in [6.45, 7) is 2.11. The number of aromatic nitrogens is 2. The lowest BCUT2D eigenvalue weighted by molar-refractivity contribution is -0.121. The maximum atomic E-state index is 11.4. The summed E-state index contributed by atoms with van der Waals surface area (Å²) in [5.74, 6) is 0.0842. The molecule has 2 aromatic rings. The summed E-state index contributed by atoms with van der Waals surface area (Å²) in [7, 11) is 0. The summed E-state index contributed by atoms with van der Waals surface area (Å²) in [6, 6.07) is 8.05. The van der Waals surface area contributed by atoms with Gasteiger partial charge in [-0.15, -0.1) is 0 Å². The van der Waals surface area contributed by atoms with Crippen LogP contribution >= 0.6 is 0 Å². The molecule has 0 spiro atoms. The number of hydrogen-bond acceptors (Lipinski definition) is 3. The van der Waals surface area contributed by atoms with E-state index in [0.717, 1.165) is 30.4 Å². The number of rotatable bonds is 7. The Hall–Kier alpha value is -1.88. The fourth-order valence-corrected chi connectivity index (χ4v) is 2.02. The molecule has 0 aliphatic rings. The fraction of sp³-hybridized carbons (Fsp3) is 0.429. The summed E-state index contributed by atoms with van der Waals surface area (Å²) in [4.78, 5) is 15.7. The Labute approximate surface area is 112 Å². The highest BCUT2D eigenvalue weighted by molar-refractivity contribution is 5.76. The van der Waals surface area contributed by atoms with Gasteiger partial charge in [0.15, 0.2) is 0 Å². The van der Waals surface area contributed by atoms with Gasteiger partial charge < -0.3 is 15.6 Å². The van der Waals surface area contributed by atoms with Crippen LogP contribution in [-0.4, -0.2) is 28.5 Å². The SMILES string of the molecule is NCCCC(=O)NCCCn1cnc2ccccc21. The summed E-state index contributed by atoms with van der Waals surface area (Å²) in [5.41, 5.74) is 7.50. The zero-order valence-electron chi connectivity index (χ0n) is 11.0. The first kappa shape index (κ1) is 13.5. The first-order valence-electron chi connectivity index (χ1n) is 6.68. The molecule has 0 unspecified atom stereocenters. The second-order valence-electron chi connectivity index (χ2n) is 4.52. The van der Waals surface area contributed by atoms with E-state index in [2.05, 4.69) is 20.9 Å². The highest BCUT2D eigenvalue weighted by Crippen LogP contribution is 2.11. The van der Waals surface area contributed by atoms with Gasteiger partial charge in [-0.25, -0.2) is 4.98 Å². The van der Waals surface area contributed by atoms with Gasteiger partial charge in [0.1, 0.15) is 0 Å². The number of para-hydroxylation sites is 2. The van der Waals surface area contributed by atoms with E-state index in [1.165, 1.54) is 0 Å². The van der Waals surface area contributed by atoms with Crippen molar-refractivity contribution in [2.45, 2.75) is 25.8 Å². The molecule has 3 N–H and O–H groups in total. The molecule has 0 saturated carbocycles. The van der Waals surface area contributed by atoms with Crippen molar-refractivity contribution in [3.63, 3.8) is 0 Å². The smallest absolute Gasteiger partial charge is 0.220 e. The molecule has 1 amide bonds. The fourth-order valence-electron chi connectivity index (χ4n) is 2.02. The van der Waals surface area contributed by atoms with E-state index in [9.17, 15) is 4.79 Å². The molecule has 19 heavy (non-hydrogen) atoms. The van der Waals surface area contributed by atoms with Crippen molar-refractivity contribution in [2.24, 2.45) is 5.73 Å². The molecule has 102 valence electrons. The highest BCUT2D eigenvalue weighted by atomic mass is 16.1. The number of carbonyl (C=O) groups is 1. The highest BCUT2D eigenvalue weighted by Gasteiger charge is 2.02. The van der Waals surface area contributed by atoms with Crippen molar-refractivity contribution < 1.29 is 4.79 Å². The number of hydrogen-bond donors (Lipinski definition) is 2. The zero-order valence-corrected chi connectivity index (χ0v) is 11.0. The van der Waals surface area contributed by atoms with Crippen molar-refractivity contribution in [3.05, 3.63) is 30.6 Å². The van der Waals surface area contributed by atoms with Crippen molar-refractivity contribution >= 4 is 16.9 Å². The quantitative estimate of drug-likeness (QED) is 0.737. The van der Waals surface area contributed by atoms with Crippen LogP contribution in [0.25, 0.3) is 11.0 Å². The third-order valence-electron chi connectivity index (χ3n) is 3.03. The first-order valence-corrected chi connectivity index (χ1v) is 6.68. The van der Waals surface area contributed by atoms with Crippen LogP contribution in [-0.2, 0) is 11.3 Å². The summed E-state index contributed by atoms with van der Waals surface area (Å²) in [5, 5.41) is 2.90. The van der Waals surface area contributed by atoms with Crippen LogP contribution in [0, 0.1) is 0 Å². The van der Waals surface area contributed by atoms with Gasteiger partial charge in [0.05, 0.1) is 17.4 Å². The van der Waals surface area contributed by atoms with Gasteiger partial charge in [0.25, 0.3) is 0 Å². The van der Waals surface area contributed by atoms with Gasteiger partial charge in [-0.05, 0) is 31.5 Å². The Bertz CT molecular complexity index is 535. The molecule has 0 atom stereocenters. The molecule has 1 aromatic heterocycles. The molecular formula is C14H20N4O. The maximum absolute atomic E-state index is 11.4. The molecule has 0 saturated heterocycles. The van der Waals surface area contributed by atoms with Crippen LogP contribution in [0.3, 0.4) is 0 Å². The van der Waals surface area contributed by atoms with E-state index >= 15 is 0 Å². The number of amides is 1. The Morgan fingerprint density at radius 3 is 3.00 bits per heavy atom. The molecule has 0 radical (unpaired) electrons. The molecular weight excluding hydrogens is 240 g/mol. The van der Waals surface area contributed by atoms with Crippen molar-refractivity contribution in [3.8, 4) is 0 Å². The number of imidazole rings is 1. The van der Waals surface area contributed by atoms with E-state index in [1.807, 2.05) is 24.5 Å². The Morgan fingerprint density at radius 1 is 1.32 bits per heavy atom. The van der Waals surface area contributed by atoms with Crippen molar-refractivity contribution in [1.82, 2.24) is 14.9 Å². The first-order chi connectivity index (χ1) is 9.31. The number of benzene rings is 1.